The first-order valence-electron chi connectivity index (χ1n) is 5.83. The molecule has 19 heavy (non-hydrogen) atoms. The van der Waals surface area contributed by atoms with Gasteiger partial charge in [0.1, 0.15) is 11.4 Å². The summed E-state index contributed by atoms with van der Waals surface area (Å²) >= 11 is 0. The summed E-state index contributed by atoms with van der Waals surface area (Å²) < 4.78 is 0. The maximum Gasteiger partial charge on any atom is 0.214 e. The Morgan fingerprint density at radius 2 is 1.53 bits per heavy atom. The molecule has 1 aromatic carbocycles. The lowest BCUT2D eigenvalue weighted by molar-refractivity contribution is 0.0971. The van der Waals surface area contributed by atoms with Gasteiger partial charge >= 0.3 is 0 Å². The van der Waals surface area contributed by atoms with Crippen LogP contribution in [0.3, 0.4) is 0 Å². The summed E-state index contributed by atoms with van der Waals surface area (Å²) in [6, 6.07) is 3.47. The number of hydrogen-bond acceptors (Lipinski definition) is 5. The fourth-order valence-corrected chi connectivity index (χ4v) is 2.46. The van der Waals surface area contributed by atoms with Gasteiger partial charge in [-0.15, -0.1) is 0 Å². The van der Waals surface area contributed by atoms with Crippen LogP contribution in [-0.2, 0) is 6.54 Å². The van der Waals surface area contributed by atoms with Gasteiger partial charge in [-0.3, -0.25) is 14.6 Å². The molecule has 1 aliphatic heterocycles. The second-order valence-electron chi connectivity index (χ2n) is 4.48. The van der Waals surface area contributed by atoms with Crippen LogP contribution in [0.5, 0.6) is 0 Å². The third-order valence-corrected chi connectivity index (χ3v) is 3.39. The quantitative estimate of drug-likeness (QED) is 0.599. The maximum atomic E-state index is 12.4. The molecule has 1 aliphatic carbocycles. The Hall–Kier alpha value is -2.69. The van der Waals surface area contributed by atoms with Crippen LogP contribution < -0.4 is 0 Å². The third kappa shape index (κ3) is 1.26. The first-order valence-corrected chi connectivity index (χ1v) is 5.83. The molecular weight excluding hydrogens is 242 g/mol. The van der Waals surface area contributed by atoms with Crippen LogP contribution in [0.2, 0.25) is 0 Å². The highest BCUT2D eigenvalue weighted by Crippen LogP contribution is 2.28. The maximum absolute atomic E-state index is 12.4. The number of carbonyl (C=O) groups excluding carboxylic acids is 2. The minimum absolute atomic E-state index is 0.134. The van der Waals surface area contributed by atoms with Crippen molar-refractivity contribution in [3.05, 3.63) is 58.2 Å². The van der Waals surface area contributed by atoms with Crippen LogP contribution in [0, 0.1) is 0 Å². The van der Waals surface area contributed by atoms with E-state index in [2.05, 4.69) is 15.0 Å². The van der Waals surface area contributed by atoms with Gasteiger partial charge in [-0.05, 0) is 23.3 Å². The molecule has 0 saturated heterocycles. The highest BCUT2D eigenvalue weighted by atomic mass is 16.1. The van der Waals surface area contributed by atoms with E-state index in [1.165, 1.54) is 12.4 Å². The molecule has 90 valence electrons. The lowest BCUT2D eigenvalue weighted by Gasteiger charge is -2.16. The molecule has 0 amide bonds. The molecule has 0 fully saturated rings. The second-order valence-corrected chi connectivity index (χ2v) is 4.48. The van der Waals surface area contributed by atoms with Crippen molar-refractivity contribution in [2.24, 2.45) is 4.99 Å². The number of benzene rings is 1. The van der Waals surface area contributed by atoms with Gasteiger partial charge < -0.3 is 0 Å². The fourth-order valence-electron chi connectivity index (χ4n) is 2.46. The predicted molar refractivity (Wildman–Crippen MR) is 66.6 cm³/mol. The van der Waals surface area contributed by atoms with Crippen LogP contribution in [0.4, 0.5) is 0 Å². The molecule has 0 bridgehead atoms. The van der Waals surface area contributed by atoms with E-state index in [-0.39, 0.29) is 23.0 Å². The van der Waals surface area contributed by atoms with Crippen LogP contribution >= 0.6 is 0 Å². The topological polar surface area (TPSA) is 72.3 Å². The van der Waals surface area contributed by atoms with Crippen LogP contribution in [0.25, 0.3) is 0 Å². The highest BCUT2D eigenvalue weighted by Gasteiger charge is 2.33. The first kappa shape index (κ1) is 10.3. The summed E-state index contributed by atoms with van der Waals surface area (Å²) in [5.41, 5.74) is 2.93. The Bertz CT molecular complexity index is 793. The summed E-state index contributed by atoms with van der Waals surface area (Å²) in [6.07, 6.45) is 4.56. The normalized spacial score (nSPS) is 15.2. The molecule has 2 aromatic rings. The Labute approximate surface area is 108 Å². The Morgan fingerprint density at radius 1 is 0.895 bits per heavy atom. The van der Waals surface area contributed by atoms with Gasteiger partial charge in [0.05, 0.1) is 6.54 Å². The Kier molecular flexibility index (Phi) is 1.84. The number of nitrogens with zero attached hydrogens (tertiary/aromatic N) is 3. The van der Waals surface area contributed by atoms with Gasteiger partial charge in [-0.25, -0.2) is 9.97 Å². The Balaban J connectivity index is 2.03. The second kappa shape index (κ2) is 3.41. The molecule has 5 heteroatoms. The number of carbonyl (C=O) groups is 2. The van der Waals surface area contributed by atoms with Crippen molar-refractivity contribution in [2.75, 3.05) is 0 Å². The molecule has 2 heterocycles. The molecule has 0 spiro atoms. The number of rotatable bonds is 0. The van der Waals surface area contributed by atoms with Crippen molar-refractivity contribution in [1.82, 2.24) is 9.97 Å². The van der Waals surface area contributed by atoms with Gasteiger partial charge in [0.25, 0.3) is 0 Å². The van der Waals surface area contributed by atoms with Crippen molar-refractivity contribution >= 4 is 17.8 Å². The van der Waals surface area contributed by atoms with E-state index < -0.39 is 0 Å². The number of hydrogen-bond donors (Lipinski definition) is 0. The zero-order valence-electron chi connectivity index (χ0n) is 9.75. The smallest absolute Gasteiger partial charge is 0.214 e. The van der Waals surface area contributed by atoms with E-state index >= 15 is 0 Å². The van der Waals surface area contributed by atoms with E-state index in [4.69, 9.17) is 0 Å². The summed E-state index contributed by atoms with van der Waals surface area (Å²) in [7, 11) is 0. The lowest BCUT2D eigenvalue weighted by atomic mass is 9.87. The van der Waals surface area contributed by atoms with Crippen LogP contribution in [-0.4, -0.2) is 27.7 Å². The minimum atomic E-state index is -0.249. The molecule has 1 aromatic heterocycles. The first-order chi connectivity index (χ1) is 9.25. The van der Waals surface area contributed by atoms with E-state index in [0.717, 1.165) is 11.1 Å². The monoisotopic (exact) mass is 249 g/mol. The molecule has 5 nitrogen and oxygen atoms in total. The SMILES string of the molecule is O=C1c2cc3c(cc2C(=O)c2nccnc21)CN=C3. The van der Waals surface area contributed by atoms with E-state index in [1.54, 1.807) is 18.3 Å². The number of ketones is 2. The zero-order valence-corrected chi connectivity index (χ0v) is 9.75. The lowest BCUT2D eigenvalue weighted by Crippen LogP contribution is -2.24. The fraction of sp³-hybridized carbons (Fsp3) is 0.0714. The molecule has 4 rings (SSSR count). The molecule has 2 aliphatic rings. The van der Waals surface area contributed by atoms with E-state index in [1.807, 2.05) is 0 Å². The van der Waals surface area contributed by atoms with E-state index in [9.17, 15) is 9.59 Å². The summed E-state index contributed by atoms with van der Waals surface area (Å²) in [5.74, 6) is -0.492. The zero-order chi connectivity index (χ0) is 13.0. The van der Waals surface area contributed by atoms with Crippen LogP contribution in [0.15, 0.2) is 29.5 Å². The van der Waals surface area contributed by atoms with E-state index in [0.29, 0.717) is 17.7 Å². The molecule has 0 unspecified atom stereocenters. The van der Waals surface area contributed by atoms with Crippen molar-refractivity contribution < 1.29 is 9.59 Å². The van der Waals surface area contributed by atoms with Gasteiger partial charge in [-0.1, -0.05) is 0 Å². The van der Waals surface area contributed by atoms with Gasteiger partial charge in [0.15, 0.2) is 0 Å². The molecule has 0 radical (unpaired) electrons. The Morgan fingerprint density at radius 3 is 2.21 bits per heavy atom. The molecule has 0 saturated carbocycles. The average molecular weight is 249 g/mol. The largest absolute Gasteiger partial charge is 0.288 e. The molecule has 0 N–H and O–H groups in total. The standard InChI is InChI=1S/C14H7N3O2/c18-13-9-3-7-5-15-6-8(7)4-10(9)14(19)12-11(13)16-1-2-17-12/h1-5H,6H2. The average Bonchev–Trinajstić information content (AvgIpc) is 2.90. The predicted octanol–water partition coefficient (Wildman–Crippen LogP) is 1.18. The number of aromatic nitrogens is 2. The summed E-state index contributed by atoms with van der Waals surface area (Å²) in [4.78, 5) is 36.8. The van der Waals surface area contributed by atoms with Crippen molar-refractivity contribution in [2.45, 2.75) is 6.54 Å². The van der Waals surface area contributed by atoms with Gasteiger partial charge in [-0.2, -0.15) is 0 Å². The summed E-state index contributed by atoms with van der Waals surface area (Å²) in [6.45, 7) is 0.553. The highest BCUT2D eigenvalue weighted by molar-refractivity contribution is 6.27. The summed E-state index contributed by atoms with van der Waals surface area (Å²) in [5, 5.41) is 0. The molecular formula is C14H7N3O2. The minimum Gasteiger partial charge on any atom is -0.288 e. The third-order valence-electron chi connectivity index (χ3n) is 3.39. The van der Waals surface area contributed by atoms with Crippen molar-refractivity contribution in [3.63, 3.8) is 0 Å². The number of fused-ring (bicyclic) bond motifs is 3. The van der Waals surface area contributed by atoms with Crippen LogP contribution in [0.1, 0.15) is 43.2 Å². The molecule has 0 atom stereocenters. The van der Waals surface area contributed by atoms with Gasteiger partial charge in [0.2, 0.25) is 11.6 Å². The van der Waals surface area contributed by atoms with Crippen molar-refractivity contribution in [1.29, 1.82) is 0 Å². The van der Waals surface area contributed by atoms with Crippen molar-refractivity contribution in [3.8, 4) is 0 Å². The number of aliphatic imine (C=N–C) groups is 1. The van der Waals surface area contributed by atoms with Gasteiger partial charge in [0, 0.05) is 29.7 Å².